The Morgan fingerprint density at radius 2 is 0.940 bits per heavy atom. The molecule has 0 aromatic heterocycles. The van der Waals surface area contributed by atoms with Crippen LogP contribution in [0, 0.1) is 0 Å². The predicted octanol–water partition coefficient (Wildman–Crippen LogP) is -8.91. The van der Waals surface area contributed by atoms with E-state index in [4.69, 9.17) is 45.9 Å². The summed E-state index contributed by atoms with van der Waals surface area (Å²) in [6.45, 7) is 1.28. The molecule has 0 bridgehead atoms. The zero-order chi connectivity index (χ0) is 74.5. The number of nitrogens with zero attached hydrogens (tertiary/aromatic N) is 2. The zero-order valence-corrected chi connectivity index (χ0v) is 56.7. The van der Waals surface area contributed by atoms with E-state index in [0.717, 1.165) is 11.1 Å². The van der Waals surface area contributed by atoms with Gasteiger partial charge in [0.25, 0.3) is 0 Å². The van der Waals surface area contributed by atoms with E-state index >= 15 is 0 Å². The van der Waals surface area contributed by atoms with Crippen LogP contribution in [-0.4, -0.2) is 217 Å². The Kier molecular flexibility index (Phi) is 37.0. The standard InChI is InChI=1S/C63H102N22O15/c1-35(77-48(89)32-76-59(99)50(37(3)87)84-60(100)63(24-23-39-17-7-8-18-40(39)30-63)85-49(90)33-74-47(88)31-75-54(94)41(66)29-38-15-5-4-6-16-38)52(92)80-45(22-14-28-73-62(70)71)56(96)82-43(20-10-12-26-65)57(97)83-46(34-86)58(98)78-36(2)53(93)81-44(21-13-27-72-61(68)69)55(95)79-42(51(67)91)19-9-11-25-64/h4-8,15-18,35-37,41-46,50,86-87H,9-14,19-34,64-66H2,1-3H3,(H2,67,91)(H,74,88)(H,75,94)(H,76,99)(H,77,89)(H,78,98)(H,79,95)(H,80,92)(H,81,93)(H,82,96)(H,83,97)(H,84,100)(H,85,90)(H4,68,69,72)(H4,70,71,73)/t35-,36-,37+,41-,42-,43-,44-,45-,46-,50-,63+/m0/s1. The number of guanidine groups is 2. The van der Waals surface area contributed by atoms with Gasteiger partial charge in [-0.1, -0.05) is 54.6 Å². The molecule has 554 valence electrons. The Labute approximate surface area is 579 Å². The van der Waals surface area contributed by atoms with Crippen LogP contribution in [0.3, 0.4) is 0 Å². The molecule has 0 fully saturated rings. The summed E-state index contributed by atoms with van der Waals surface area (Å²) in [6, 6.07) is 3.61. The van der Waals surface area contributed by atoms with Crippen molar-refractivity contribution in [3.63, 3.8) is 0 Å². The van der Waals surface area contributed by atoms with Crippen molar-refractivity contribution < 1.29 is 72.5 Å². The second-order valence-electron chi connectivity index (χ2n) is 24.2. The van der Waals surface area contributed by atoms with Crippen molar-refractivity contribution in [1.29, 1.82) is 0 Å². The quantitative estimate of drug-likeness (QED) is 0.0166. The van der Waals surface area contributed by atoms with Gasteiger partial charge in [0.1, 0.15) is 53.9 Å². The molecule has 2 aromatic rings. The molecule has 0 heterocycles. The Bertz CT molecular complexity index is 3150. The molecule has 0 spiro atoms. The van der Waals surface area contributed by atoms with Gasteiger partial charge in [-0.05, 0) is 134 Å². The molecule has 30 N–H and O–H groups in total. The molecule has 0 radical (unpaired) electrons. The van der Waals surface area contributed by atoms with Gasteiger partial charge in [0.05, 0.1) is 38.4 Å². The van der Waals surface area contributed by atoms with Gasteiger partial charge in [-0.3, -0.25) is 72.3 Å². The number of amides is 13. The van der Waals surface area contributed by atoms with E-state index < -0.39 is 169 Å². The normalized spacial score (nSPS) is 16.0. The van der Waals surface area contributed by atoms with Crippen LogP contribution in [0.5, 0.6) is 0 Å². The highest BCUT2D eigenvalue weighted by Crippen LogP contribution is 2.30. The maximum atomic E-state index is 14.4. The maximum absolute atomic E-state index is 14.4. The topological polar surface area (TPSA) is 640 Å². The van der Waals surface area contributed by atoms with Gasteiger partial charge < -0.3 is 120 Å². The fourth-order valence-corrected chi connectivity index (χ4v) is 10.3. The Morgan fingerprint density at radius 1 is 0.490 bits per heavy atom. The number of aliphatic hydroxyl groups is 2. The molecule has 0 saturated carbocycles. The second-order valence-corrected chi connectivity index (χ2v) is 24.2. The number of carbonyl (C=O) groups excluding carboxylic acids is 13. The highest BCUT2D eigenvalue weighted by molar-refractivity contribution is 6.00. The van der Waals surface area contributed by atoms with Crippen LogP contribution in [-0.2, 0) is 81.6 Å². The third-order valence-electron chi connectivity index (χ3n) is 15.9. The summed E-state index contributed by atoms with van der Waals surface area (Å²) in [6.07, 6.45) is 0.617. The summed E-state index contributed by atoms with van der Waals surface area (Å²) in [5, 5.41) is 50.8. The zero-order valence-electron chi connectivity index (χ0n) is 56.7. The molecule has 11 atom stereocenters. The summed E-state index contributed by atoms with van der Waals surface area (Å²) in [4.78, 5) is 183. The molecule has 37 heteroatoms. The first-order valence-electron chi connectivity index (χ1n) is 33.0. The van der Waals surface area contributed by atoms with Gasteiger partial charge in [0.2, 0.25) is 76.8 Å². The number of carbonyl (C=O) groups is 13. The van der Waals surface area contributed by atoms with Gasteiger partial charge in [-0.15, -0.1) is 0 Å². The Morgan fingerprint density at radius 3 is 1.46 bits per heavy atom. The number of aliphatic hydroxyl groups excluding tert-OH is 2. The van der Waals surface area contributed by atoms with Crippen molar-refractivity contribution in [2.24, 2.45) is 55.9 Å². The lowest BCUT2D eigenvalue weighted by molar-refractivity contribution is -0.138. The minimum absolute atomic E-state index is 0.0149. The monoisotopic (exact) mass is 1410 g/mol. The summed E-state index contributed by atoms with van der Waals surface area (Å²) in [5.41, 5.74) is 45.3. The van der Waals surface area contributed by atoms with Gasteiger partial charge >= 0.3 is 0 Å². The highest BCUT2D eigenvalue weighted by atomic mass is 16.3. The maximum Gasteiger partial charge on any atom is 0.246 e. The smallest absolute Gasteiger partial charge is 0.246 e. The van der Waals surface area contributed by atoms with Crippen LogP contribution in [0.25, 0.3) is 0 Å². The first-order valence-corrected chi connectivity index (χ1v) is 33.0. The fourth-order valence-electron chi connectivity index (χ4n) is 10.3. The van der Waals surface area contributed by atoms with Crippen molar-refractivity contribution in [3.05, 3.63) is 71.3 Å². The molecular formula is C63H102N22O15. The van der Waals surface area contributed by atoms with Crippen molar-refractivity contribution in [2.75, 3.05) is 52.4 Å². The minimum atomic E-state index is -1.73. The van der Waals surface area contributed by atoms with Crippen LogP contribution in [0.2, 0.25) is 0 Å². The summed E-state index contributed by atoms with van der Waals surface area (Å²) in [7, 11) is 0. The number of fused-ring (bicyclic) bond motifs is 1. The number of hydrogen-bond acceptors (Lipinski definition) is 20. The number of aliphatic imine (C=N–C) groups is 2. The van der Waals surface area contributed by atoms with Crippen molar-refractivity contribution in [1.82, 2.24) is 63.8 Å². The van der Waals surface area contributed by atoms with Gasteiger partial charge in [-0.25, -0.2) is 0 Å². The first-order chi connectivity index (χ1) is 47.4. The van der Waals surface area contributed by atoms with Crippen LogP contribution < -0.4 is 110 Å². The molecular weight excluding hydrogens is 1300 g/mol. The second kappa shape index (κ2) is 44.0. The lowest BCUT2D eigenvalue weighted by atomic mass is 9.77. The van der Waals surface area contributed by atoms with E-state index in [1.807, 2.05) is 12.1 Å². The van der Waals surface area contributed by atoms with Crippen LogP contribution in [0.15, 0.2) is 64.6 Å². The number of nitrogens with two attached hydrogens (primary N) is 8. The Hall–Kier alpha value is -10.1. The number of hydrogen-bond donors (Lipinski definition) is 22. The van der Waals surface area contributed by atoms with E-state index in [2.05, 4.69) is 73.8 Å². The average molecular weight is 1410 g/mol. The molecule has 0 aliphatic heterocycles. The third kappa shape index (κ3) is 30.3. The molecule has 1 aliphatic rings. The lowest BCUT2D eigenvalue weighted by Crippen LogP contribution is -2.66. The third-order valence-corrected chi connectivity index (χ3v) is 15.9. The number of nitrogens with one attached hydrogen (secondary N) is 12. The molecule has 37 nitrogen and oxygen atoms in total. The average Bonchev–Trinajstić information content (AvgIpc) is 0.777. The minimum Gasteiger partial charge on any atom is -0.394 e. The number of benzene rings is 2. The van der Waals surface area contributed by atoms with Crippen LogP contribution >= 0.6 is 0 Å². The highest BCUT2D eigenvalue weighted by Gasteiger charge is 2.45. The van der Waals surface area contributed by atoms with Gasteiger partial charge in [0, 0.05) is 19.5 Å². The Balaban J connectivity index is 1.70. The number of rotatable bonds is 45. The fraction of sp³-hybridized carbons (Fsp3) is 0.571. The largest absolute Gasteiger partial charge is 0.394 e. The lowest BCUT2D eigenvalue weighted by Gasteiger charge is -2.38. The van der Waals surface area contributed by atoms with Crippen LogP contribution in [0.4, 0.5) is 0 Å². The van der Waals surface area contributed by atoms with Crippen molar-refractivity contribution >= 4 is 88.7 Å². The number of aryl methyl sites for hydroxylation is 1. The predicted molar refractivity (Wildman–Crippen MR) is 367 cm³/mol. The van der Waals surface area contributed by atoms with E-state index in [0.29, 0.717) is 37.8 Å². The molecule has 1 aliphatic carbocycles. The van der Waals surface area contributed by atoms with E-state index in [-0.39, 0.29) is 95.8 Å². The van der Waals surface area contributed by atoms with Gasteiger partial charge in [-0.2, -0.15) is 0 Å². The molecule has 13 amide bonds. The van der Waals surface area contributed by atoms with E-state index in [9.17, 15) is 72.5 Å². The number of unbranched alkanes of at least 4 members (excludes halogenated alkanes) is 2. The summed E-state index contributed by atoms with van der Waals surface area (Å²) < 4.78 is 0. The van der Waals surface area contributed by atoms with Crippen molar-refractivity contribution in [2.45, 2.75) is 177 Å². The van der Waals surface area contributed by atoms with Crippen molar-refractivity contribution in [3.8, 4) is 0 Å². The molecule has 3 rings (SSSR count). The summed E-state index contributed by atoms with van der Waals surface area (Å²) >= 11 is 0. The van der Waals surface area contributed by atoms with Gasteiger partial charge in [0.15, 0.2) is 11.9 Å². The molecule has 0 saturated heterocycles. The van der Waals surface area contributed by atoms with E-state index in [1.165, 1.54) is 20.8 Å². The SMILES string of the molecule is C[C@H](NC(=O)CNC(=O)[C@@H](NC(=O)[C@@]1(NC(=O)CNC(=O)CNC(=O)[C@@H](N)Cc2ccccc2)CCc2ccccc2C1)[C@@H](C)O)C(=O)N[C@@H](CCCN=C(N)N)C(=O)N[C@@H](CCCCN)C(=O)N[C@@H](CO)C(=O)N[C@@H](C)C(=O)N[C@@H](CCCN=C(N)N)C(=O)N[C@@H](CCCCN)C(N)=O. The van der Waals surface area contributed by atoms with Crippen LogP contribution in [0.1, 0.15) is 108 Å². The molecule has 0 unspecified atom stereocenters. The first kappa shape index (κ1) is 84.1. The number of primary amides is 1. The molecule has 2 aromatic carbocycles. The summed E-state index contributed by atoms with van der Waals surface area (Å²) in [5.74, 6) is -11.9. The van der Waals surface area contributed by atoms with E-state index in [1.54, 1.807) is 42.5 Å². The molecule has 100 heavy (non-hydrogen) atoms.